The molecule has 1 aromatic rings. The van der Waals surface area contributed by atoms with Gasteiger partial charge < -0.3 is 10.2 Å². The number of thiazole rings is 1. The van der Waals surface area contributed by atoms with Crippen LogP contribution < -0.4 is 10.2 Å². The fourth-order valence-electron chi connectivity index (χ4n) is 2.01. The van der Waals surface area contributed by atoms with E-state index in [-0.39, 0.29) is 0 Å². The van der Waals surface area contributed by atoms with E-state index in [9.17, 15) is 0 Å². The highest BCUT2D eigenvalue weighted by atomic mass is 32.2. The minimum Gasteiger partial charge on any atom is -0.346 e. The average molecular weight is 271 g/mol. The molecule has 0 bridgehead atoms. The zero-order valence-electron chi connectivity index (χ0n) is 10.8. The van der Waals surface area contributed by atoms with Gasteiger partial charge in [-0.3, -0.25) is 0 Å². The molecular formula is C12H21N3S2. The van der Waals surface area contributed by atoms with Crippen molar-refractivity contribution in [2.75, 3.05) is 30.8 Å². The number of hydrogen-bond donors (Lipinski definition) is 1. The Morgan fingerprint density at radius 1 is 1.53 bits per heavy atom. The van der Waals surface area contributed by atoms with Gasteiger partial charge in [0.15, 0.2) is 5.13 Å². The Kier molecular flexibility index (Phi) is 4.70. The fourth-order valence-corrected chi connectivity index (χ4v) is 4.30. The van der Waals surface area contributed by atoms with Crippen LogP contribution in [0.2, 0.25) is 0 Å². The summed E-state index contributed by atoms with van der Waals surface area (Å²) < 4.78 is 0. The second-order valence-corrected chi connectivity index (χ2v) is 6.85. The molecule has 2 heterocycles. The molecule has 1 unspecified atom stereocenters. The van der Waals surface area contributed by atoms with E-state index in [1.165, 1.54) is 27.9 Å². The maximum Gasteiger partial charge on any atom is 0.185 e. The van der Waals surface area contributed by atoms with Gasteiger partial charge in [-0.15, -0.1) is 11.3 Å². The van der Waals surface area contributed by atoms with E-state index in [0.29, 0.717) is 0 Å². The molecule has 3 nitrogen and oxygen atoms in total. The van der Waals surface area contributed by atoms with Crippen molar-refractivity contribution in [1.29, 1.82) is 0 Å². The van der Waals surface area contributed by atoms with Crippen molar-refractivity contribution in [3.8, 4) is 0 Å². The second kappa shape index (κ2) is 6.07. The molecule has 0 aliphatic carbocycles. The molecule has 96 valence electrons. The van der Waals surface area contributed by atoms with Crippen molar-refractivity contribution >= 4 is 28.2 Å². The third-order valence-electron chi connectivity index (χ3n) is 3.08. The van der Waals surface area contributed by atoms with Crippen molar-refractivity contribution in [3.63, 3.8) is 0 Å². The topological polar surface area (TPSA) is 28.2 Å². The monoisotopic (exact) mass is 271 g/mol. The maximum absolute atomic E-state index is 4.72. The third-order valence-corrected chi connectivity index (χ3v) is 5.67. The lowest BCUT2D eigenvalue weighted by molar-refractivity contribution is 0.725. The smallest absolute Gasteiger partial charge is 0.185 e. The van der Waals surface area contributed by atoms with Gasteiger partial charge in [-0.05, 0) is 20.4 Å². The maximum atomic E-state index is 4.72. The van der Waals surface area contributed by atoms with Gasteiger partial charge in [-0.1, -0.05) is 6.92 Å². The number of nitrogens with one attached hydrogen (secondary N) is 1. The van der Waals surface area contributed by atoms with Crippen molar-refractivity contribution in [1.82, 2.24) is 10.3 Å². The minimum atomic E-state index is 0.778. The normalized spacial score (nSPS) is 20.9. The van der Waals surface area contributed by atoms with Gasteiger partial charge in [0.2, 0.25) is 0 Å². The number of rotatable bonds is 4. The molecule has 1 N–H and O–H groups in total. The molecule has 0 spiro atoms. The van der Waals surface area contributed by atoms with Gasteiger partial charge in [0.25, 0.3) is 0 Å². The second-order valence-electron chi connectivity index (χ2n) is 4.38. The predicted molar refractivity (Wildman–Crippen MR) is 78.4 cm³/mol. The minimum absolute atomic E-state index is 0.778. The summed E-state index contributed by atoms with van der Waals surface area (Å²) in [6.45, 7) is 7.63. The Bertz CT molecular complexity index is 365. The number of thioether (sulfide) groups is 1. The fraction of sp³-hybridized carbons (Fsp3) is 0.750. The van der Waals surface area contributed by atoms with Crippen LogP contribution in [0.3, 0.4) is 0 Å². The van der Waals surface area contributed by atoms with Crippen LogP contribution in [0.25, 0.3) is 0 Å². The van der Waals surface area contributed by atoms with Crippen LogP contribution in [0.15, 0.2) is 0 Å². The lowest BCUT2D eigenvalue weighted by atomic mass is 10.3. The van der Waals surface area contributed by atoms with Crippen LogP contribution in [-0.4, -0.2) is 36.1 Å². The van der Waals surface area contributed by atoms with Gasteiger partial charge in [0, 0.05) is 35.5 Å². The highest BCUT2D eigenvalue weighted by Crippen LogP contribution is 2.30. The van der Waals surface area contributed by atoms with Gasteiger partial charge in [-0.2, -0.15) is 11.8 Å². The summed E-state index contributed by atoms with van der Waals surface area (Å²) in [5.41, 5.74) is 1.19. The molecule has 1 fully saturated rings. The third kappa shape index (κ3) is 3.14. The number of hydrogen-bond acceptors (Lipinski definition) is 5. The summed E-state index contributed by atoms with van der Waals surface area (Å²) in [4.78, 5) is 8.55. The predicted octanol–water partition coefficient (Wildman–Crippen LogP) is 2.50. The lowest BCUT2D eigenvalue weighted by Crippen LogP contribution is -2.37. The van der Waals surface area contributed by atoms with E-state index < -0.39 is 0 Å². The molecule has 1 saturated heterocycles. The summed E-state index contributed by atoms with van der Waals surface area (Å²) >= 11 is 3.95. The largest absolute Gasteiger partial charge is 0.346 e. The molecule has 0 aromatic carbocycles. The van der Waals surface area contributed by atoms with Crippen LogP contribution >= 0.6 is 23.1 Å². The van der Waals surface area contributed by atoms with Crippen molar-refractivity contribution in [3.05, 3.63) is 10.6 Å². The highest BCUT2D eigenvalue weighted by molar-refractivity contribution is 8.00. The molecule has 0 amide bonds. The SMILES string of the molecule is CCC1CN(c2nc(C)c(CNC)s2)CCS1. The lowest BCUT2D eigenvalue weighted by Gasteiger charge is -2.31. The van der Waals surface area contributed by atoms with Gasteiger partial charge in [-0.25, -0.2) is 4.98 Å². The molecule has 2 rings (SSSR count). The van der Waals surface area contributed by atoms with Gasteiger partial charge in [0.1, 0.15) is 0 Å². The number of nitrogens with zero attached hydrogens (tertiary/aromatic N) is 2. The summed E-state index contributed by atoms with van der Waals surface area (Å²) in [6.07, 6.45) is 1.26. The van der Waals surface area contributed by atoms with E-state index in [4.69, 9.17) is 4.98 Å². The average Bonchev–Trinajstić information content (AvgIpc) is 2.72. The summed E-state index contributed by atoms with van der Waals surface area (Å²) in [6, 6.07) is 0. The van der Waals surface area contributed by atoms with Crippen LogP contribution in [0, 0.1) is 6.92 Å². The number of anilines is 1. The van der Waals surface area contributed by atoms with Crippen LogP contribution in [-0.2, 0) is 6.54 Å². The van der Waals surface area contributed by atoms with E-state index in [0.717, 1.165) is 24.9 Å². The zero-order valence-corrected chi connectivity index (χ0v) is 12.5. The van der Waals surface area contributed by atoms with Gasteiger partial charge >= 0.3 is 0 Å². The Hall–Kier alpha value is -0.260. The first-order valence-electron chi connectivity index (χ1n) is 6.22. The summed E-state index contributed by atoms with van der Waals surface area (Å²) in [5, 5.41) is 5.20. The van der Waals surface area contributed by atoms with Crippen LogP contribution in [0.5, 0.6) is 0 Å². The number of aryl methyl sites for hydroxylation is 1. The molecule has 17 heavy (non-hydrogen) atoms. The first kappa shape index (κ1) is 13.2. The molecule has 1 aliphatic heterocycles. The quantitative estimate of drug-likeness (QED) is 0.911. The Balaban J connectivity index is 2.08. The summed E-state index contributed by atoms with van der Waals surface area (Å²) in [5.74, 6) is 1.23. The van der Waals surface area contributed by atoms with E-state index in [2.05, 4.69) is 35.8 Å². The molecule has 0 saturated carbocycles. The standard InChI is InChI=1S/C12H21N3S2/c1-4-10-8-15(5-6-16-10)12-14-9(2)11(17-12)7-13-3/h10,13H,4-8H2,1-3H3. The highest BCUT2D eigenvalue weighted by Gasteiger charge is 2.22. The Morgan fingerprint density at radius 3 is 3.06 bits per heavy atom. The van der Waals surface area contributed by atoms with E-state index in [1.54, 1.807) is 0 Å². The molecule has 1 atom stereocenters. The molecule has 1 aromatic heterocycles. The van der Waals surface area contributed by atoms with Crippen molar-refractivity contribution in [2.24, 2.45) is 0 Å². The van der Waals surface area contributed by atoms with Gasteiger partial charge in [0.05, 0.1) is 5.69 Å². The molecule has 0 radical (unpaired) electrons. The Labute approximate surface area is 112 Å². The summed E-state index contributed by atoms with van der Waals surface area (Å²) in [7, 11) is 1.99. The Morgan fingerprint density at radius 2 is 2.35 bits per heavy atom. The van der Waals surface area contributed by atoms with E-state index in [1.807, 2.05) is 18.4 Å². The first-order valence-corrected chi connectivity index (χ1v) is 8.08. The molecule has 1 aliphatic rings. The van der Waals surface area contributed by atoms with Crippen LogP contribution in [0.4, 0.5) is 5.13 Å². The zero-order chi connectivity index (χ0) is 12.3. The number of aromatic nitrogens is 1. The van der Waals surface area contributed by atoms with Crippen molar-refractivity contribution in [2.45, 2.75) is 32.1 Å². The molecule has 5 heteroatoms. The van der Waals surface area contributed by atoms with E-state index >= 15 is 0 Å². The van der Waals surface area contributed by atoms with Crippen molar-refractivity contribution < 1.29 is 0 Å². The molecular weight excluding hydrogens is 250 g/mol. The first-order chi connectivity index (χ1) is 8.24. The van der Waals surface area contributed by atoms with Crippen LogP contribution in [0.1, 0.15) is 23.9 Å².